The Hall–Kier alpha value is -1.45. The number of aliphatic carboxylic acids is 1. The van der Waals surface area contributed by atoms with Crippen LogP contribution in [0.3, 0.4) is 0 Å². The maximum Gasteiger partial charge on any atom is 0.354 e. The molecular weight excluding hydrogens is 132 g/mol. The molecule has 0 amide bonds. The Morgan fingerprint density at radius 1 is 1.70 bits per heavy atom. The third-order valence-electron chi connectivity index (χ3n) is 0.725. The summed E-state index contributed by atoms with van der Waals surface area (Å²) >= 11 is 0. The summed E-state index contributed by atoms with van der Waals surface area (Å²) in [5.74, 6) is -1.10. The minimum absolute atomic E-state index is 0.106. The number of nitrogens with zero attached hydrogens (tertiary/aromatic N) is 2. The van der Waals surface area contributed by atoms with E-state index in [-0.39, 0.29) is 5.71 Å². The Balaban J connectivity index is 4.33. The van der Waals surface area contributed by atoms with Crippen LogP contribution in [0, 0.1) is 0 Å². The van der Waals surface area contributed by atoms with E-state index in [4.69, 9.17) is 5.11 Å². The molecule has 0 aromatic carbocycles. The minimum atomic E-state index is -1.10. The molecule has 4 nitrogen and oxygen atoms in total. The molecule has 0 fully saturated rings. The van der Waals surface area contributed by atoms with Crippen LogP contribution in [0.4, 0.5) is 0 Å². The molecule has 54 valence electrons. The van der Waals surface area contributed by atoms with Crippen molar-refractivity contribution in [2.45, 2.75) is 0 Å². The van der Waals surface area contributed by atoms with Crippen molar-refractivity contribution in [2.24, 2.45) is 9.98 Å². The van der Waals surface area contributed by atoms with Crippen LogP contribution in [-0.2, 0) is 4.79 Å². The van der Waals surface area contributed by atoms with Gasteiger partial charge in [0.1, 0.15) is 12.1 Å². The highest BCUT2D eigenvalue weighted by Gasteiger charge is 2.00. The van der Waals surface area contributed by atoms with Crippen molar-refractivity contribution in [3.05, 3.63) is 12.7 Å². The lowest BCUT2D eigenvalue weighted by molar-refractivity contribution is -0.129. The number of hydrogen-bond acceptors (Lipinski definition) is 2. The topological polar surface area (TPSA) is 62.0 Å². The van der Waals surface area contributed by atoms with E-state index in [0.717, 1.165) is 12.4 Å². The van der Waals surface area contributed by atoms with E-state index in [2.05, 4.69) is 16.6 Å². The molecule has 0 aliphatic heterocycles. The maximum atomic E-state index is 10.2. The number of rotatable bonds is 3. The van der Waals surface area contributed by atoms with E-state index in [1.54, 1.807) is 0 Å². The Morgan fingerprint density at radius 2 is 2.30 bits per heavy atom. The van der Waals surface area contributed by atoms with E-state index in [9.17, 15) is 4.79 Å². The van der Waals surface area contributed by atoms with E-state index in [1.165, 1.54) is 7.05 Å². The molecule has 0 radical (unpaired) electrons. The summed E-state index contributed by atoms with van der Waals surface area (Å²) in [5, 5.41) is 8.34. The molecule has 10 heavy (non-hydrogen) atoms. The van der Waals surface area contributed by atoms with Crippen molar-refractivity contribution >= 4 is 18.0 Å². The van der Waals surface area contributed by atoms with Gasteiger partial charge in [-0.15, -0.1) is 0 Å². The lowest BCUT2D eigenvalue weighted by Gasteiger charge is -1.86. The summed E-state index contributed by atoms with van der Waals surface area (Å²) in [7, 11) is 1.51. The van der Waals surface area contributed by atoms with Gasteiger partial charge < -0.3 is 5.11 Å². The van der Waals surface area contributed by atoms with Crippen molar-refractivity contribution in [3.8, 4) is 0 Å². The molecule has 0 unspecified atom stereocenters. The lowest BCUT2D eigenvalue weighted by atomic mass is 10.4. The van der Waals surface area contributed by atoms with Gasteiger partial charge in [0.05, 0.1) is 0 Å². The molecule has 0 atom stereocenters. The van der Waals surface area contributed by atoms with Gasteiger partial charge in [-0.2, -0.15) is 0 Å². The first-order valence-electron chi connectivity index (χ1n) is 2.56. The molecule has 1 N–H and O–H groups in total. The number of carboxylic acids is 1. The second-order valence-electron chi connectivity index (χ2n) is 1.40. The average molecular weight is 140 g/mol. The van der Waals surface area contributed by atoms with Crippen molar-refractivity contribution in [1.29, 1.82) is 0 Å². The Bertz CT molecular complexity index is 194. The predicted molar refractivity (Wildman–Crippen MR) is 39.7 cm³/mol. The SMILES string of the molecule is C=CC(=NC=NC)C(=O)O. The van der Waals surface area contributed by atoms with Crippen LogP contribution in [0.2, 0.25) is 0 Å². The van der Waals surface area contributed by atoms with Gasteiger partial charge in [-0.25, -0.2) is 9.79 Å². The smallest absolute Gasteiger partial charge is 0.354 e. The maximum absolute atomic E-state index is 10.2. The monoisotopic (exact) mass is 140 g/mol. The van der Waals surface area contributed by atoms with Crippen molar-refractivity contribution in [3.63, 3.8) is 0 Å². The molecule has 0 rings (SSSR count). The van der Waals surface area contributed by atoms with Crippen LogP contribution in [0.25, 0.3) is 0 Å². The Morgan fingerprint density at radius 3 is 2.60 bits per heavy atom. The third-order valence-corrected chi connectivity index (χ3v) is 0.725. The molecule has 0 spiro atoms. The van der Waals surface area contributed by atoms with E-state index < -0.39 is 5.97 Å². The van der Waals surface area contributed by atoms with Crippen LogP contribution in [-0.4, -0.2) is 30.2 Å². The van der Waals surface area contributed by atoms with Crippen LogP contribution >= 0.6 is 0 Å². The number of carboxylic acid groups (broad SMARTS) is 1. The molecular formula is C6H8N2O2. The molecule has 0 bridgehead atoms. The van der Waals surface area contributed by atoms with Crippen molar-refractivity contribution < 1.29 is 9.90 Å². The summed E-state index contributed by atoms with van der Waals surface area (Å²) in [6.07, 6.45) is 2.31. The second-order valence-corrected chi connectivity index (χ2v) is 1.40. The third kappa shape index (κ3) is 2.76. The second kappa shape index (κ2) is 4.43. The molecule has 0 aromatic heterocycles. The van der Waals surface area contributed by atoms with Gasteiger partial charge >= 0.3 is 5.97 Å². The highest BCUT2D eigenvalue weighted by atomic mass is 16.4. The van der Waals surface area contributed by atoms with Gasteiger partial charge in [0.25, 0.3) is 0 Å². The zero-order valence-corrected chi connectivity index (χ0v) is 5.61. The summed E-state index contributed by atoms with van der Waals surface area (Å²) in [4.78, 5) is 17.1. The molecule has 0 heterocycles. The number of hydrogen-bond donors (Lipinski definition) is 1. The normalized spacial score (nSPS) is 11.9. The molecule has 4 heteroatoms. The van der Waals surface area contributed by atoms with E-state index in [0.29, 0.717) is 0 Å². The van der Waals surface area contributed by atoms with Gasteiger partial charge in [-0.3, -0.25) is 4.99 Å². The van der Waals surface area contributed by atoms with Crippen molar-refractivity contribution in [1.82, 2.24) is 0 Å². The first kappa shape index (κ1) is 8.55. The number of aliphatic imine (C=N–C) groups is 2. The lowest BCUT2D eigenvalue weighted by Crippen LogP contribution is -2.09. The first-order valence-corrected chi connectivity index (χ1v) is 2.56. The summed E-state index contributed by atoms with van der Waals surface area (Å²) < 4.78 is 0. The Labute approximate surface area is 58.6 Å². The van der Waals surface area contributed by atoms with Gasteiger partial charge in [0.2, 0.25) is 0 Å². The van der Waals surface area contributed by atoms with Gasteiger partial charge in [-0.1, -0.05) is 6.58 Å². The average Bonchev–Trinajstić information content (AvgIpc) is 1.89. The number of carbonyl (C=O) groups is 1. The zero-order valence-electron chi connectivity index (χ0n) is 5.61. The van der Waals surface area contributed by atoms with Crippen LogP contribution in [0.15, 0.2) is 22.6 Å². The van der Waals surface area contributed by atoms with E-state index >= 15 is 0 Å². The molecule has 0 aliphatic rings. The highest BCUT2D eigenvalue weighted by molar-refractivity contribution is 6.41. The first-order chi connectivity index (χ1) is 4.72. The standard InChI is InChI=1S/C6H8N2O2/c1-3-5(6(9)10)8-4-7-2/h3-4H,1H2,2H3,(H,9,10). The Kier molecular flexibility index (Phi) is 3.79. The summed E-state index contributed by atoms with van der Waals surface area (Å²) in [6.45, 7) is 3.26. The van der Waals surface area contributed by atoms with Crippen LogP contribution in [0.1, 0.15) is 0 Å². The molecule has 0 aromatic rings. The van der Waals surface area contributed by atoms with Crippen molar-refractivity contribution in [2.75, 3.05) is 7.05 Å². The summed E-state index contributed by atoms with van der Waals surface area (Å²) in [5.41, 5.74) is -0.106. The van der Waals surface area contributed by atoms with Gasteiger partial charge in [-0.05, 0) is 6.08 Å². The minimum Gasteiger partial charge on any atom is -0.477 e. The highest BCUT2D eigenvalue weighted by Crippen LogP contribution is 1.78. The quantitative estimate of drug-likeness (QED) is 0.454. The fourth-order valence-electron chi connectivity index (χ4n) is 0.315. The van der Waals surface area contributed by atoms with Gasteiger partial charge in [0, 0.05) is 7.05 Å². The molecule has 0 saturated heterocycles. The summed E-state index contributed by atoms with van der Waals surface area (Å²) in [6, 6.07) is 0. The fraction of sp³-hybridized carbons (Fsp3) is 0.167. The molecule has 0 saturated carbocycles. The fourth-order valence-corrected chi connectivity index (χ4v) is 0.315. The largest absolute Gasteiger partial charge is 0.477 e. The predicted octanol–water partition coefficient (Wildman–Crippen LogP) is 0.356. The molecule has 0 aliphatic carbocycles. The zero-order chi connectivity index (χ0) is 7.98. The van der Waals surface area contributed by atoms with Crippen LogP contribution < -0.4 is 0 Å². The van der Waals surface area contributed by atoms with Gasteiger partial charge in [0.15, 0.2) is 0 Å². The van der Waals surface area contributed by atoms with E-state index in [1.807, 2.05) is 0 Å². The van der Waals surface area contributed by atoms with Crippen LogP contribution in [0.5, 0.6) is 0 Å².